The summed E-state index contributed by atoms with van der Waals surface area (Å²) in [5.41, 5.74) is 1.31. The number of hydrogen-bond acceptors (Lipinski definition) is 4. The number of hydrogen-bond donors (Lipinski definition) is 0. The molecule has 2 aromatic heterocycles. The summed E-state index contributed by atoms with van der Waals surface area (Å²) in [6, 6.07) is 7.08. The molecule has 4 aromatic rings. The lowest BCUT2D eigenvalue weighted by Gasteiger charge is -2.10. The van der Waals surface area contributed by atoms with Gasteiger partial charge in [0.25, 0.3) is 0 Å². The summed E-state index contributed by atoms with van der Waals surface area (Å²) in [5.74, 6) is -3.91. The first-order valence-electron chi connectivity index (χ1n) is 8.35. The van der Waals surface area contributed by atoms with E-state index in [1.54, 1.807) is 37.5 Å². The van der Waals surface area contributed by atoms with Crippen LogP contribution in [0.5, 0.6) is 0 Å². The Kier molecular flexibility index (Phi) is 5.10. The van der Waals surface area contributed by atoms with Gasteiger partial charge in [0.2, 0.25) is 5.65 Å². The average molecular weight is 437 g/mol. The summed E-state index contributed by atoms with van der Waals surface area (Å²) in [6.45, 7) is 1.81. The van der Waals surface area contributed by atoms with Crippen LogP contribution in [-0.2, 0) is 5.75 Å². The van der Waals surface area contributed by atoms with Crippen LogP contribution in [0.25, 0.3) is 11.3 Å². The van der Waals surface area contributed by atoms with Gasteiger partial charge in [-0.2, -0.15) is 0 Å². The van der Waals surface area contributed by atoms with Crippen LogP contribution in [0.4, 0.5) is 13.2 Å². The molecule has 0 aliphatic heterocycles. The minimum atomic E-state index is -1.51. The molecule has 0 spiro atoms. The zero-order valence-corrected chi connectivity index (χ0v) is 16.4. The van der Waals surface area contributed by atoms with Crippen LogP contribution in [0.3, 0.4) is 0 Å². The molecule has 0 saturated heterocycles. The van der Waals surface area contributed by atoms with Crippen molar-refractivity contribution in [3.8, 4) is 5.69 Å². The van der Waals surface area contributed by atoms with Crippen LogP contribution in [0.2, 0.25) is 5.02 Å². The van der Waals surface area contributed by atoms with Gasteiger partial charge in [-0.05, 0) is 42.3 Å². The van der Waals surface area contributed by atoms with Gasteiger partial charge >= 0.3 is 5.56 Å². The summed E-state index contributed by atoms with van der Waals surface area (Å²) in [7, 11) is 0. The highest BCUT2D eigenvalue weighted by atomic mass is 35.5. The lowest BCUT2D eigenvalue weighted by Crippen LogP contribution is -2.21. The third kappa shape index (κ3) is 3.51. The van der Waals surface area contributed by atoms with E-state index in [-0.39, 0.29) is 17.0 Å². The minimum Gasteiger partial charge on any atom is -0.279 e. The van der Waals surface area contributed by atoms with Gasteiger partial charge in [-0.1, -0.05) is 29.4 Å². The molecule has 0 atom stereocenters. The smallest absolute Gasteiger partial charge is 0.279 e. The molecule has 0 N–H and O–H groups in total. The van der Waals surface area contributed by atoms with E-state index in [9.17, 15) is 18.0 Å². The quantitative estimate of drug-likeness (QED) is 0.348. The Balaban J connectivity index is 1.68. The number of halogens is 4. The van der Waals surface area contributed by atoms with E-state index >= 15 is 0 Å². The van der Waals surface area contributed by atoms with Crippen molar-refractivity contribution in [2.75, 3.05) is 0 Å². The van der Waals surface area contributed by atoms with Crippen LogP contribution in [0, 0.1) is 24.4 Å². The van der Waals surface area contributed by atoms with Crippen molar-refractivity contribution in [2.24, 2.45) is 0 Å². The lowest BCUT2D eigenvalue weighted by atomic mass is 10.2. The van der Waals surface area contributed by atoms with Crippen LogP contribution in [-0.4, -0.2) is 19.2 Å². The highest BCUT2D eigenvalue weighted by Gasteiger charge is 2.15. The maximum Gasteiger partial charge on any atom is 0.300 e. The van der Waals surface area contributed by atoms with E-state index in [1.807, 2.05) is 0 Å². The average Bonchev–Trinajstić information content (AvgIpc) is 3.11. The van der Waals surface area contributed by atoms with Crippen molar-refractivity contribution in [1.82, 2.24) is 19.2 Å². The summed E-state index contributed by atoms with van der Waals surface area (Å²) < 4.78 is 42.7. The van der Waals surface area contributed by atoms with Gasteiger partial charge in [-0.15, -0.1) is 10.2 Å². The zero-order valence-electron chi connectivity index (χ0n) is 14.9. The molecular weight excluding hydrogens is 425 g/mol. The molecule has 0 unspecified atom stereocenters. The van der Waals surface area contributed by atoms with Crippen molar-refractivity contribution in [3.63, 3.8) is 0 Å². The molecular formula is C19H12ClF3N4OS. The first-order chi connectivity index (χ1) is 13.9. The van der Waals surface area contributed by atoms with Gasteiger partial charge in [0.15, 0.2) is 22.6 Å². The molecule has 5 nitrogen and oxygen atoms in total. The van der Waals surface area contributed by atoms with Crippen LogP contribution in [0.1, 0.15) is 11.1 Å². The van der Waals surface area contributed by atoms with E-state index in [4.69, 9.17) is 11.6 Å². The Labute approximate surface area is 171 Å². The number of thioether (sulfide) groups is 1. The van der Waals surface area contributed by atoms with Gasteiger partial charge in [0, 0.05) is 23.2 Å². The summed E-state index contributed by atoms with van der Waals surface area (Å²) >= 11 is 7.25. The highest BCUT2D eigenvalue weighted by molar-refractivity contribution is 7.98. The fourth-order valence-corrected chi connectivity index (χ4v) is 3.87. The van der Waals surface area contributed by atoms with Crippen molar-refractivity contribution < 1.29 is 13.2 Å². The Morgan fingerprint density at radius 1 is 1.10 bits per heavy atom. The zero-order chi connectivity index (χ0) is 20.7. The molecule has 10 heteroatoms. The van der Waals surface area contributed by atoms with E-state index in [2.05, 4.69) is 10.2 Å². The molecule has 0 aliphatic carbocycles. The maximum atomic E-state index is 13.4. The van der Waals surface area contributed by atoms with Gasteiger partial charge in [0.05, 0.1) is 5.69 Å². The van der Waals surface area contributed by atoms with Crippen LogP contribution in [0.15, 0.2) is 52.7 Å². The van der Waals surface area contributed by atoms with Gasteiger partial charge in [-0.3, -0.25) is 13.8 Å². The molecule has 0 fully saturated rings. The second kappa shape index (κ2) is 7.57. The fourth-order valence-electron chi connectivity index (χ4n) is 2.85. The first kappa shape index (κ1) is 19.5. The Morgan fingerprint density at radius 2 is 1.83 bits per heavy atom. The largest absolute Gasteiger partial charge is 0.300 e. The number of nitrogens with zero attached hydrogens (tertiary/aromatic N) is 4. The lowest BCUT2D eigenvalue weighted by molar-refractivity contribution is 0.446. The number of benzene rings is 2. The predicted molar refractivity (Wildman–Crippen MR) is 104 cm³/mol. The monoisotopic (exact) mass is 436 g/mol. The Morgan fingerprint density at radius 3 is 2.55 bits per heavy atom. The topological polar surface area (TPSA) is 52.2 Å². The predicted octanol–water partition coefficient (Wildman–Crippen LogP) is 4.55. The molecule has 29 heavy (non-hydrogen) atoms. The first-order valence-corrected chi connectivity index (χ1v) is 9.71. The fraction of sp³-hybridized carbons (Fsp3) is 0.105. The normalized spacial score (nSPS) is 11.3. The minimum absolute atomic E-state index is 0.0887. The van der Waals surface area contributed by atoms with E-state index in [0.29, 0.717) is 15.9 Å². The molecule has 2 aromatic carbocycles. The van der Waals surface area contributed by atoms with Crippen molar-refractivity contribution in [1.29, 1.82) is 0 Å². The Hall–Kier alpha value is -2.78. The second-order valence-corrected chi connectivity index (χ2v) is 7.55. The van der Waals surface area contributed by atoms with E-state index in [0.717, 1.165) is 29.5 Å². The maximum absolute atomic E-state index is 13.4. The van der Waals surface area contributed by atoms with Gasteiger partial charge in [-0.25, -0.2) is 13.2 Å². The molecule has 2 heterocycles. The third-order valence-corrected chi connectivity index (χ3v) is 5.77. The molecule has 0 bridgehead atoms. The van der Waals surface area contributed by atoms with Gasteiger partial charge in [0.1, 0.15) is 0 Å². The third-order valence-electron chi connectivity index (χ3n) is 4.35. The van der Waals surface area contributed by atoms with Crippen LogP contribution < -0.4 is 5.56 Å². The SMILES string of the molecule is Cc1c(Cl)cccc1-n1ccn2c(SCc3cc(F)c(F)c(F)c3)nnc2c1=O. The number of rotatable bonds is 4. The molecule has 0 amide bonds. The Bertz CT molecular complexity index is 1280. The second-order valence-electron chi connectivity index (χ2n) is 6.20. The summed E-state index contributed by atoms with van der Waals surface area (Å²) in [4.78, 5) is 12.9. The van der Waals surface area contributed by atoms with Gasteiger partial charge < -0.3 is 0 Å². The highest BCUT2D eigenvalue weighted by Crippen LogP contribution is 2.24. The molecule has 0 saturated carbocycles. The summed E-state index contributed by atoms with van der Waals surface area (Å²) in [5, 5.41) is 8.81. The van der Waals surface area contributed by atoms with E-state index in [1.165, 1.54) is 8.97 Å². The summed E-state index contributed by atoms with van der Waals surface area (Å²) in [6.07, 6.45) is 3.18. The van der Waals surface area contributed by atoms with Crippen molar-refractivity contribution in [2.45, 2.75) is 17.8 Å². The molecule has 4 rings (SSSR count). The van der Waals surface area contributed by atoms with Crippen molar-refractivity contribution in [3.05, 3.63) is 86.7 Å². The molecule has 148 valence electrons. The van der Waals surface area contributed by atoms with Crippen LogP contribution >= 0.6 is 23.4 Å². The number of aromatic nitrogens is 4. The number of fused-ring (bicyclic) bond motifs is 1. The standard InChI is InChI=1S/C19H12ClF3N4OS/c1-10-12(20)3-2-4-15(10)26-5-6-27-17(18(26)28)24-25-19(27)29-9-11-7-13(21)16(23)14(22)8-11/h2-8H,9H2,1H3. The van der Waals surface area contributed by atoms with E-state index < -0.39 is 23.0 Å². The van der Waals surface area contributed by atoms with Crippen molar-refractivity contribution >= 4 is 29.0 Å². The molecule has 0 radical (unpaired) electrons. The molecule has 0 aliphatic rings.